The minimum atomic E-state index is -4.54. The first-order valence-electron chi connectivity index (χ1n) is 4.56. The third kappa shape index (κ3) is 2.21. The summed E-state index contributed by atoms with van der Waals surface area (Å²) in [6, 6.07) is 6.00. The summed E-state index contributed by atoms with van der Waals surface area (Å²) in [4.78, 5) is 0. The van der Waals surface area contributed by atoms with Crippen molar-refractivity contribution < 1.29 is 13.2 Å². The average molecular weight is 262 g/mol. The van der Waals surface area contributed by atoms with E-state index in [1.54, 1.807) is 12.1 Å². The number of aromatic nitrogens is 2. The molecule has 3 N–H and O–H groups in total. The van der Waals surface area contributed by atoms with Gasteiger partial charge in [-0.2, -0.15) is 18.3 Å². The molecular formula is C10H7ClF3N3. The van der Waals surface area contributed by atoms with Crippen molar-refractivity contribution in [2.45, 2.75) is 6.18 Å². The second kappa shape index (κ2) is 3.96. The zero-order valence-electron chi connectivity index (χ0n) is 8.35. The van der Waals surface area contributed by atoms with Crippen LogP contribution in [0.25, 0.3) is 11.1 Å². The van der Waals surface area contributed by atoms with E-state index in [-0.39, 0.29) is 16.9 Å². The average Bonchev–Trinajstić information content (AvgIpc) is 2.59. The number of rotatable bonds is 1. The molecule has 0 aliphatic carbocycles. The van der Waals surface area contributed by atoms with Gasteiger partial charge in [0, 0.05) is 5.02 Å². The molecule has 1 aromatic carbocycles. The van der Waals surface area contributed by atoms with Crippen molar-refractivity contribution in [3.8, 4) is 11.1 Å². The van der Waals surface area contributed by atoms with Gasteiger partial charge in [0.05, 0.1) is 5.56 Å². The summed E-state index contributed by atoms with van der Waals surface area (Å²) in [5.41, 5.74) is 4.55. The van der Waals surface area contributed by atoms with E-state index in [0.717, 1.165) is 0 Å². The van der Waals surface area contributed by atoms with E-state index in [1.807, 2.05) is 5.10 Å². The maximum absolute atomic E-state index is 12.7. The molecule has 17 heavy (non-hydrogen) atoms. The second-order valence-corrected chi connectivity index (χ2v) is 3.80. The van der Waals surface area contributed by atoms with Gasteiger partial charge in [-0.05, 0) is 17.7 Å². The lowest BCUT2D eigenvalue weighted by Gasteiger charge is -2.07. The van der Waals surface area contributed by atoms with Crippen molar-refractivity contribution in [1.29, 1.82) is 0 Å². The van der Waals surface area contributed by atoms with E-state index in [1.165, 1.54) is 12.1 Å². The smallest absolute Gasteiger partial charge is 0.382 e. The number of nitrogens with zero attached hydrogens (tertiary/aromatic N) is 1. The van der Waals surface area contributed by atoms with Crippen LogP contribution < -0.4 is 5.73 Å². The fraction of sp³-hybridized carbons (Fsp3) is 0.100. The molecule has 90 valence electrons. The minimum absolute atomic E-state index is 0.181. The Bertz CT molecular complexity index is 548. The van der Waals surface area contributed by atoms with Gasteiger partial charge < -0.3 is 5.73 Å². The van der Waals surface area contributed by atoms with E-state index < -0.39 is 11.9 Å². The molecule has 0 fully saturated rings. The summed E-state index contributed by atoms with van der Waals surface area (Å²) in [6.07, 6.45) is -4.54. The van der Waals surface area contributed by atoms with E-state index >= 15 is 0 Å². The van der Waals surface area contributed by atoms with Crippen LogP contribution >= 0.6 is 11.6 Å². The number of nitrogens with two attached hydrogens (primary N) is 1. The summed E-state index contributed by atoms with van der Waals surface area (Å²) < 4.78 is 38.1. The van der Waals surface area contributed by atoms with Crippen LogP contribution in [0.15, 0.2) is 24.3 Å². The lowest BCUT2D eigenvalue weighted by Crippen LogP contribution is -2.07. The fourth-order valence-corrected chi connectivity index (χ4v) is 1.69. The number of alkyl halides is 3. The summed E-state index contributed by atoms with van der Waals surface area (Å²) in [5, 5.41) is 5.60. The number of H-pyrrole nitrogens is 1. The highest BCUT2D eigenvalue weighted by molar-refractivity contribution is 6.30. The van der Waals surface area contributed by atoms with E-state index in [9.17, 15) is 13.2 Å². The molecule has 7 heteroatoms. The maximum Gasteiger partial charge on any atom is 0.433 e. The van der Waals surface area contributed by atoms with Crippen LogP contribution in [0.5, 0.6) is 0 Å². The molecule has 0 saturated carbocycles. The Balaban J connectivity index is 2.63. The van der Waals surface area contributed by atoms with Crippen LogP contribution in [0.3, 0.4) is 0 Å². The number of nitrogen functional groups attached to an aromatic ring is 1. The number of benzene rings is 1. The van der Waals surface area contributed by atoms with Gasteiger partial charge >= 0.3 is 6.18 Å². The molecule has 0 saturated heterocycles. The van der Waals surface area contributed by atoms with Gasteiger partial charge in [0.1, 0.15) is 5.69 Å². The maximum atomic E-state index is 12.7. The number of hydrogen-bond donors (Lipinski definition) is 2. The van der Waals surface area contributed by atoms with Gasteiger partial charge in [-0.15, -0.1) is 0 Å². The quantitative estimate of drug-likeness (QED) is 0.827. The first-order valence-corrected chi connectivity index (χ1v) is 4.94. The van der Waals surface area contributed by atoms with Crippen LogP contribution in [-0.4, -0.2) is 10.2 Å². The predicted molar refractivity (Wildman–Crippen MR) is 58.4 cm³/mol. The molecule has 3 nitrogen and oxygen atoms in total. The Hall–Kier alpha value is -1.69. The largest absolute Gasteiger partial charge is 0.433 e. The number of anilines is 1. The second-order valence-electron chi connectivity index (χ2n) is 3.37. The standard InChI is InChI=1S/C10H7ClF3N3/c11-6-3-1-2-5(4-6)7-8(10(12,13)14)16-17-9(7)15/h1-4H,(H3,15,16,17). The Morgan fingerprint density at radius 2 is 2.00 bits per heavy atom. The molecular weight excluding hydrogens is 255 g/mol. The summed E-state index contributed by atoms with van der Waals surface area (Å²) >= 11 is 5.73. The lowest BCUT2D eigenvalue weighted by molar-refractivity contribution is -0.140. The molecule has 0 radical (unpaired) electrons. The third-order valence-corrected chi connectivity index (χ3v) is 2.43. The summed E-state index contributed by atoms with van der Waals surface area (Å²) in [5.74, 6) is -0.209. The number of nitrogens with one attached hydrogen (secondary N) is 1. The molecule has 1 aromatic heterocycles. The Morgan fingerprint density at radius 1 is 1.29 bits per heavy atom. The first-order chi connectivity index (χ1) is 7.89. The summed E-state index contributed by atoms with van der Waals surface area (Å²) in [6.45, 7) is 0. The number of aromatic amines is 1. The van der Waals surface area contributed by atoms with Crippen molar-refractivity contribution in [2.75, 3.05) is 5.73 Å². The lowest BCUT2D eigenvalue weighted by atomic mass is 10.1. The van der Waals surface area contributed by atoms with Gasteiger partial charge in [-0.1, -0.05) is 23.7 Å². The zero-order chi connectivity index (χ0) is 12.6. The third-order valence-electron chi connectivity index (χ3n) is 2.19. The van der Waals surface area contributed by atoms with Crippen LogP contribution in [0.2, 0.25) is 5.02 Å². The topological polar surface area (TPSA) is 54.7 Å². The molecule has 0 spiro atoms. The van der Waals surface area contributed by atoms with Gasteiger partial charge in [-0.25, -0.2) is 0 Å². The molecule has 0 bridgehead atoms. The van der Waals surface area contributed by atoms with E-state index in [0.29, 0.717) is 5.02 Å². The molecule has 0 unspecified atom stereocenters. The van der Waals surface area contributed by atoms with Gasteiger partial charge in [-0.3, -0.25) is 5.10 Å². The minimum Gasteiger partial charge on any atom is -0.382 e. The molecule has 2 rings (SSSR count). The van der Waals surface area contributed by atoms with Gasteiger partial charge in [0.15, 0.2) is 5.82 Å². The van der Waals surface area contributed by atoms with Crippen LogP contribution in [0.4, 0.5) is 19.0 Å². The molecule has 0 amide bonds. The highest BCUT2D eigenvalue weighted by Crippen LogP contribution is 2.38. The highest BCUT2D eigenvalue weighted by atomic mass is 35.5. The Morgan fingerprint density at radius 3 is 2.59 bits per heavy atom. The van der Waals surface area contributed by atoms with Gasteiger partial charge in [0.2, 0.25) is 0 Å². The van der Waals surface area contributed by atoms with E-state index in [2.05, 4.69) is 5.10 Å². The number of halogens is 4. The van der Waals surface area contributed by atoms with Crippen LogP contribution in [0, 0.1) is 0 Å². The molecule has 0 aliphatic heterocycles. The summed E-state index contributed by atoms with van der Waals surface area (Å²) in [7, 11) is 0. The van der Waals surface area contributed by atoms with Crippen molar-refractivity contribution in [1.82, 2.24) is 10.2 Å². The molecule has 0 atom stereocenters. The van der Waals surface area contributed by atoms with Gasteiger partial charge in [0.25, 0.3) is 0 Å². The van der Waals surface area contributed by atoms with Crippen molar-refractivity contribution in [2.24, 2.45) is 0 Å². The van der Waals surface area contributed by atoms with E-state index in [4.69, 9.17) is 17.3 Å². The monoisotopic (exact) mass is 261 g/mol. The highest BCUT2D eigenvalue weighted by Gasteiger charge is 2.37. The van der Waals surface area contributed by atoms with Crippen LogP contribution in [0.1, 0.15) is 5.69 Å². The van der Waals surface area contributed by atoms with Crippen LogP contribution in [-0.2, 0) is 6.18 Å². The van der Waals surface area contributed by atoms with Crippen molar-refractivity contribution >= 4 is 17.4 Å². The first kappa shape index (κ1) is 11.8. The molecule has 2 aromatic rings. The predicted octanol–water partition coefficient (Wildman–Crippen LogP) is 3.33. The zero-order valence-corrected chi connectivity index (χ0v) is 9.10. The Labute approximate surface area is 99.4 Å². The normalized spacial score (nSPS) is 11.8. The number of hydrogen-bond acceptors (Lipinski definition) is 2. The molecule has 1 heterocycles. The van der Waals surface area contributed by atoms with Crippen molar-refractivity contribution in [3.05, 3.63) is 35.0 Å². The van der Waals surface area contributed by atoms with Crippen molar-refractivity contribution in [3.63, 3.8) is 0 Å². The fourth-order valence-electron chi connectivity index (χ4n) is 1.50. The Kier molecular flexibility index (Phi) is 2.74. The SMILES string of the molecule is Nc1n[nH]c(C(F)(F)F)c1-c1cccc(Cl)c1. The molecule has 0 aliphatic rings.